The van der Waals surface area contributed by atoms with Crippen molar-refractivity contribution in [3.05, 3.63) is 22.2 Å². The summed E-state index contributed by atoms with van der Waals surface area (Å²) in [6.45, 7) is 4.10. The van der Waals surface area contributed by atoms with Crippen LogP contribution in [-0.4, -0.2) is 24.8 Å². The number of carboxylic acid groups (broad SMARTS) is 1. The van der Waals surface area contributed by atoms with Gasteiger partial charge in [0.25, 0.3) is 0 Å². The lowest BCUT2D eigenvalue weighted by Crippen LogP contribution is -2.12. The molecular formula is C13H17BrO4. The van der Waals surface area contributed by atoms with E-state index in [0.717, 1.165) is 10.0 Å². The fourth-order valence-corrected chi connectivity index (χ4v) is 2.29. The molecule has 1 rings (SSSR count). The Labute approximate surface area is 115 Å². The minimum Gasteiger partial charge on any atom is -0.492 e. The van der Waals surface area contributed by atoms with Crippen LogP contribution in [-0.2, 0) is 11.2 Å². The Bertz CT molecular complexity index is 431. The van der Waals surface area contributed by atoms with E-state index in [1.54, 1.807) is 14.0 Å². The zero-order chi connectivity index (χ0) is 13.7. The molecule has 0 aliphatic rings. The molecule has 0 saturated carbocycles. The number of hydrogen-bond acceptors (Lipinski definition) is 3. The highest BCUT2D eigenvalue weighted by atomic mass is 79.9. The van der Waals surface area contributed by atoms with Crippen molar-refractivity contribution >= 4 is 21.9 Å². The predicted octanol–water partition coefficient (Wildman–Crippen LogP) is 3.12. The van der Waals surface area contributed by atoms with Crippen LogP contribution in [0.5, 0.6) is 11.5 Å². The van der Waals surface area contributed by atoms with Crippen molar-refractivity contribution in [2.24, 2.45) is 5.92 Å². The first-order valence-corrected chi connectivity index (χ1v) is 6.50. The smallest absolute Gasteiger partial charge is 0.306 e. The van der Waals surface area contributed by atoms with E-state index in [1.165, 1.54) is 0 Å². The van der Waals surface area contributed by atoms with E-state index in [-0.39, 0.29) is 0 Å². The third-order valence-corrected chi connectivity index (χ3v) is 3.13. The van der Waals surface area contributed by atoms with Gasteiger partial charge in [0.05, 0.1) is 24.1 Å². The molecule has 1 aromatic rings. The van der Waals surface area contributed by atoms with Gasteiger partial charge in [-0.05, 0) is 47.0 Å². The van der Waals surface area contributed by atoms with Crippen LogP contribution < -0.4 is 9.47 Å². The Morgan fingerprint density at radius 2 is 2.17 bits per heavy atom. The maximum absolute atomic E-state index is 10.9. The lowest BCUT2D eigenvalue weighted by Gasteiger charge is -2.14. The Morgan fingerprint density at radius 3 is 2.67 bits per heavy atom. The summed E-state index contributed by atoms with van der Waals surface area (Å²) in [4.78, 5) is 10.9. The van der Waals surface area contributed by atoms with Gasteiger partial charge in [0.15, 0.2) is 11.5 Å². The van der Waals surface area contributed by atoms with Crippen LogP contribution in [0.25, 0.3) is 0 Å². The van der Waals surface area contributed by atoms with Crippen LogP contribution >= 0.6 is 15.9 Å². The lowest BCUT2D eigenvalue weighted by molar-refractivity contribution is -0.141. The molecule has 1 N–H and O–H groups in total. The van der Waals surface area contributed by atoms with Crippen molar-refractivity contribution in [3.8, 4) is 11.5 Å². The summed E-state index contributed by atoms with van der Waals surface area (Å²) in [5.74, 6) is 0.0187. The van der Waals surface area contributed by atoms with Gasteiger partial charge in [-0.25, -0.2) is 0 Å². The number of carbonyl (C=O) groups is 1. The van der Waals surface area contributed by atoms with Crippen LogP contribution in [0.4, 0.5) is 0 Å². The second-order valence-corrected chi connectivity index (χ2v) is 4.84. The number of rotatable bonds is 6. The van der Waals surface area contributed by atoms with Crippen molar-refractivity contribution in [2.45, 2.75) is 20.3 Å². The van der Waals surface area contributed by atoms with E-state index in [4.69, 9.17) is 14.6 Å². The highest BCUT2D eigenvalue weighted by Crippen LogP contribution is 2.37. The summed E-state index contributed by atoms with van der Waals surface area (Å²) in [5, 5.41) is 8.92. The van der Waals surface area contributed by atoms with Crippen molar-refractivity contribution in [3.63, 3.8) is 0 Å². The summed E-state index contributed by atoms with van der Waals surface area (Å²) >= 11 is 3.40. The van der Waals surface area contributed by atoms with Crippen molar-refractivity contribution in [2.75, 3.05) is 13.7 Å². The van der Waals surface area contributed by atoms with Crippen molar-refractivity contribution in [1.29, 1.82) is 0 Å². The molecule has 100 valence electrons. The summed E-state index contributed by atoms with van der Waals surface area (Å²) in [6.07, 6.45) is 0.456. The van der Waals surface area contributed by atoms with Gasteiger partial charge < -0.3 is 14.6 Å². The van der Waals surface area contributed by atoms with Crippen LogP contribution in [0.1, 0.15) is 19.4 Å². The first-order chi connectivity index (χ1) is 8.49. The molecule has 1 unspecified atom stereocenters. The molecule has 4 nitrogen and oxygen atoms in total. The second kappa shape index (κ2) is 6.64. The third-order valence-electron chi connectivity index (χ3n) is 2.54. The first-order valence-electron chi connectivity index (χ1n) is 5.71. The molecule has 5 heteroatoms. The predicted molar refractivity (Wildman–Crippen MR) is 72.4 cm³/mol. The van der Waals surface area contributed by atoms with Gasteiger partial charge in [0.2, 0.25) is 0 Å². The Hall–Kier alpha value is -1.23. The van der Waals surface area contributed by atoms with Gasteiger partial charge in [-0.15, -0.1) is 0 Å². The minimum atomic E-state index is -0.806. The Kier molecular flexibility index (Phi) is 5.47. The number of ether oxygens (including phenoxy) is 2. The van der Waals surface area contributed by atoms with E-state index in [1.807, 2.05) is 19.1 Å². The van der Waals surface area contributed by atoms with Gasteiger partial charge in [-0.3, -0.25) is 4.79 Å². The molecule has 0 aliphatic heterocycles. The molecule has 0 radical (unpaired) electrons. The molecule has 0 aliphatic carbocycles. The standard InChI is InChI=1S/C13H17BrO4/c1-4-18-11-7-9(5-8(2)13(15)16)6-10(14)12(11)17-3/h6-8H,4-5H2,1-3H3,(H,15,16). The van der Waals surface area contributed by atoms with Crippen molar-refractivity contribution < 1.29 is 19.4 Å². The summed E-state index contributed by atoms with van der Waals surface area (Å²) in [5.41, 5.74) is 0.904. The van der Waals surface area contributed by atoms with E-state index < -0.39 is 11.9 Å². The Balaban J connectivity index is 3.04. The van der Waals surface area contributed by atoms with Crippen LogP contribution in [0.15, 0.2) is 16.6 Å². The van der Waals surface area contributed by atoms with E-state index in [9.17, 15) is 4.79 Å². The SMILES string of the molecule is CCOc1cc(CC(C)C(=O)O)cc(Br)c1OC. The first kappa shape index (κ1) is 14.8. The molecule has 0 heterocycles. The molecule has 0 spiro atoms. The number of methoxy groups -OCH3 is 1. The fraction of sp³-hybridized carbons (Fsp3) is 0.462. The minimum absolute atomic E-state index is 0.431. The zero-order valence-corrected chi connectivity index (χ0v) is 12.3. The molecule has 1 atom stereocenters. The molecule has 0 saturated heterocycles. The number of halogens is 1. The zero-order valence-electron chi connectivity index (χ0n) is 10.7. The lowest BCUT2D eigenvalue weighted by atomic mass is 10.0. The number of aliphatic carboxylic acids is 1. The van der Waals surface area contributed by atoms with Gasteiger partial charge in [0.1, 0.15) is 0 Å². The maximum atomic E-state index is 10.9. The molecule has 0 aromatic heterocycles. The number of carboxylic acids is 1. The number of hydrogen-bond donors (Lipinski definition) is 1. The largest absolute Gasteiger partial charge is 0.492 e. The molecule has 1 aromatic carbocycles. The summed E-state index contributed by atoms with van der Waals surface area (Å²) in [7, 11) is 1.57. The van der Waals surface area contributed by atoms with Crippen molar-refractivity contribution in [1.82, 2.24) is 0 Å². The fourth-order valence-electron chi connectivity index (χ4n) is 1.64. The molecule has 0 fully saturated rings. The summed E-state index contributed by atoms with van der Waals surface area (Å²) in [6, 6.07) is 3.69. The van der Waals surface area contributed by atoms with Gasteiger partial charge in [0, 0.05) is 0 Å². The molecule has 0 amide bonds. The van der Waals surface area contributed by atoms with E-state index >= 15 is 0 Å². The molecular weight excluding hydrogens is 300 g/mol. The number of benzene rings is 1. The third kappa shape index (κ3) is 3.63. The normalized spacial score (nSPS) is 12.0. The van der Waals surface area contributed by atoms with Gasteiger partial charge >= 0.3 is 5.97 Å². The van der Waals surface area contributed by atoms with Gasteiger partial charge in [-0.1, -0.05) is 6.92 Å². The summed E-state index contributed by atoms with van der Waals surface area (Å²) < 4.78 is 11.5. The van der Waals surface area contributed by atoms with E-state index in [2.05, 4.69) is 15.9 Å². The second-order valence-electron chi connectivity index (χ2n) is 3.99. The molecule has 18 heavy (non-hydrogen) atoms. The Morgan fingerprint density at radius 1 is 1.50 bits per heavy atom. The van der Waals surface area contributed by atoms with Crippen LogP contribution in [0.2, 0.25) is 0 Å². The van der Waals surface area contributed by atoms with E-state index in [0.29, 0.717) is 24.5 Å². The maximum Gasteiger partial charge on any atom is 0.306 e. The topological polar surface area (TPSA) is 55.8 Å². The highest BCUT2D eigenvalue weighted by molar-refractivity contribution is 9.10. The highest BCUT2D eigenvalue weighted by Gasteiger charge is 2.16. The monoisotopic (exact) mass is 316 g/mol. The average Bonchev–Trinajstić information content (AvgIpc) is 2.29. The van der Waals surface area contributed by atoms with Crippen LogP contribution in [0.3, 0.4) is 0 Å². The van der Waals surface area contributed by atoms with Gasteiger partial charge in [-0.2, -0.15) is 0 Å². The quantitative estimate of drug-likeness (QED) is 0.876. The average molecular weight is 317 g/mol. The molecule has 0 bridgehead atoms. The van der Waals surface area contributed by atoms with Crippen LogP contribution in [0, 0.1) is 5.92 Å².